The van der Waals surface area contributed by atoms with Gasteiger partial charge in [0.15, 0.2) is 0 Å². The van der Waals surface area contributed by atoms with Crippen molar-refractivity contribution in [1.29, 1.82) is 0 Å². The van der Waals surface area contributed by atoms with Gasteiger partial charge in [0.1, 0.15) is 5.82 Å². The zero-order valence-corrected chi connectivity index (χ0v) is 28.2. The van der Waals surface area contributed by atoms with Crippen LogP contribution in [0.15, 0.2) is 96.0 Å². The molecule has 7 rings (SSSR count). The second-order valence-electron chi connectivity index (χ2n) is 13.3. The molecule has 0 amide bonds. The molecule has 0 spiro atoms. The van der Waals surface area contributed by atoms with Crippen molar-refractivity contribution in [2.75, 3.05) is 29.3 Å². The van der Waals surface area contributed by atoms with Crippen LogP contribution in [-0.2, 0) is 29.3 Å². The van der Waals surface area contributed by atoms with E-state index in [1.54, 1.807) is 24.3 Å². The van der Waals surface area contributed by atoms with E-state index in [2.05, 4.69) is 38.1 Å². The largest absolute Gasteiger partial charge is 0.387 e. The molecule has 3 heterocycles. The van der Waals surface area contributed by atoms with Crippen LogP contribution < -0.4 is 14.9 Å². The first-order valence-corrected chi connectivity index (χ1v) is 18.8. The molecule has 1 fully saturated rings. The van der Waals surface area contributed by atoms with Gasteiger partial charge in [-0.2, -0.15) is 0 Å². The van der Waals surface area contributed by atoms with Crippen molar-refractivity contribution in [3.8, 4) is 0 Å². The van der Waals surface area contributed by atoms with E-state index in [4.69, 9.17) is 4.98 Å². The summed E-state index contributed by atoms with van der Waals surface area (Å²) in [6.07, 6.45) is 11.9. The summed E-state index contributed by atoms with van der Waals surface area (Å²) in [4.78, 5) is 10.6. The molecule has 4 N–H and O–H groups in total. The minimum Gasteiger partial charge on any atom is -0.387 e. The number of nitrogens with zero attached hydrogens (tertiary/aromatic N) is 2. The lowest BCUT2D eigenvalue weighted by Crippen LogP contribution is -2.23. The average molecular weight is 664 g/mol. The van der Waals surface area contributed by atoms with Gasteiger partial charge in [-0.1, -0.05) is 56.4 Å². The van der Waals surface area contributed by atoms with Gasteiger partial charge in [-0.3, -0.25) is 4.72 Å². The molecule has 48 heavy (non-hydrogen) atoms. The third kappa shape index (κ3) is 7.59. The maximum absolute atomic E-state index is 13.4. The van der Waals surface area contributed by atoms with Crippen LogP contribution in [0.2, 0.25) is 0 Å². The van der Waals surface area contributed by atoms with Crippen LogP contribution in [0.1, 0.15) is 67.0 Å². The Bertz CT molecular complexity index is 1950. The summed E-state index contributed by atoms with van der Waals surface area (Å²) in [6, 6.07) is 27.1. The normalized spacial score (nSPS) is 15.6. The monoisotopic (exact) mass is 663 g/mol. The summed E-state index contributed by atoms with van der Waals surface area (Å²) < 4.78 is 29.5. The first kappa shape index (κ1) is 32.4. The van der Waals surface area contributed by atoms with Crippen molar-refractivity contribution in [2.24, 2.45) is 5.92 Å². The Labute approximate surface area is 283 Å². The van der Waals surface area contributed by atoms with E-state index >= 15 is 0 Å². The van der Waals surface area contributed by atoms with E-state index < -0.39 is 16.1 Å². The fourth-order valence-corrected chi connectivity index (χ4v) is 8.34. The van der Waals surface area contributed by atoms with E-state index in [0.29, 0.717) is 18.8 Å². The number of H-pyrrole nitrogens is 1. The highest BCUT2D eigenvalue weighted by Gasteiger charge is 2.25. The molecule has 2 aromatic heterocycles. The topological polar surface area (TPSA) is 110 Å². The Morgan fingerprint density at radius 3 is 2.67 bits per heavy atom. The number of anilines is 3. The first-order chi connectivity index (χ1) is 23.4. The van der Waals surface area contributed by atoms with E-state index in [1.165, 1.54) is 38.5 Å². The SMILES string of the molecule is O=S(=O)(Nc1ccc(CCNCC(O)c2ccc3[nH]ccc3c2)cc1)c1ccc2c(c1)CCN2c1cccc(CCCC2CCCC2)n1. The number of aromatic nitrogens is 2. The number of aromatic amines is 1. The predicted octanol–water partition coefficient (Wildman–Crippen LogP) is 7.44. The van der Waals surface area contributed by atoms with Crippen LogP contribution in [0, 0.1) is 5.92 Å². The minimum atomic E-state index is -3.75. The molecule has 8 nitrogen and oxygen atoms in total. The van der Waals surface area contributed by atoms with Gasteiger partial charge in [0.2, 0.25) is 0 Å². The minimum absolute atomic E-state index is 0.263. The second kappa shape index (κ2) is 14.5. The first-order valence-electron chi connectivity index (χ1n) is 17.4. The summed E-state index contributed by atoms with van der Waals surface area (Å²) in [5, 5.41) is 15.0. The van der Waals surface area contributed by atoms with Gasteiger partial charge in [0, 0.05) is 41.9 Å². The highest BCUT2D eigenvalue weighted by Crippen LogP contribution is 2.36. The summed E-state index contributed by atoms with van der Waals surface area (Å²) >= 11 is 0. The predicted molar refractivity (Wildman–Crippen MR) is 193 cm³/mol. The van der Waals surface area contributed by atoms with Crippen molar-refractivity contribution >= 4 is 38.1 Å². The molecule has 5 aromatic rings. The Morgan fingerprint density at radius 1 is 0.958 bits per heavy atom. The Balaban J connectivity index is 0.907. The van der Waals surface area contributed by atoms with Crippen molar-refractivity contribution in [1.82, 2.24) is 15.3 Å². The van der Waals surface area contributed by atoms with Gasteiger partial charge in [-0.25, -0.2) is 13.4 Å². The smallest absolute Gasteiger partial charge is 0.261 e. The quantitative estimate of drug-likeness (QED) is 0.0920. The fraction of sp³-hybridized carbons (Fsp3) is 0.359. The van der Waals surface area contributed by atoms with Crippen molar-refractivity contribution < 1.29 is 13.5 Å². The number of aryl methyl sites for hydroxylation is 1. The van der Waals surface area contributed by atoms with Crippen LogP contribution in [0.5, 0.6) is 0 Å². The molecule has 250 valence electrons. The molecule has 1 aliphatic carbocycles. The molecule has 0 radical (unpaired) electrons. The van der Waals surface area contributed by atoms with Crippen molar-refractivity contribution in [3.05, 3.63) is 114 Å². The highest BCUT2D eigenvalue weighted by atomic mass is 32.2. The molecule has 1 atom stereocenters. The third-order valence-corrected chi connectivity index (χ3v) is 11.3. The number of hydrogen-bond acceptors (Lipinski definition) is 6. The summed E-state index contributed by atoms with van der Waals surface area (Å²) in [6.45, 7) is 1.93. The van der Waals surface area contributed by atoms with E-state index in [-0.39, 0.29) is 4.90 Å². The molecular weight excluding hydrogens is 619 g/mol. The van der Waals surface area contributed by atoms with E-state index in [1.807, 2.05) is 48.7 Å². The summed E-state index contributed by atoms with van der Waals surface area (Å²) in [7, 11) is -3.75. The van der Waals surface area contributed by atoms with Crippen LogP contribution in [0.4, 0.5) is 17.2 Å². The Morgan fingerprint density at radius 2 is 1.81 bits per heavy atom. The number of pyridine rings is 1. The van der Waals surface area contributed by atoms with Crippen LogP contribution in [0.3, 0.4) is 0 Å². The zero-order chi connectivity index (χ0) is 32.9. The van der Waals surface area contributed by atoms with Crippen LogP contribution in [-0.4, -0.2) is 43.1 Å². The van der Waals surface area contributed by atoms with Crippen molar-refractivity contribution in [2.45, 2.75) is 68.8 Å². The zero-order valence-electron chi connectivity index (χ0n) is 27.4. The third-order valence-electron chi connectivity index (χ3n) is 9.94. The molecule has 2 aliphatic rings. The van der Waals surface area contributed by atoms with E-state index in [0.717, 1.165) is 76.5 Å². The number of nitrogens with one attached hydrogen (secondary N) is 3. The lowest BCUT2D eigenvalue weighted by atomic mass is 10.00. The van der Waals surface area contributed by atoms with Crippen LogP contribution in [0.25, 0.3) is 10.9 Å². The number of fused-ring (bicyclic) bond motifs is 2. The number of aliphatic hydroxyl groups is 1. The molecule has 3 aromatic carbocycles. The molecular formula is C39H45N5O3S. The number of aliphatic hydroxyl groups excluding tert-OH is 1. The molecule has 0 bridgehead atoms. The van der Waals surface area contributed by atoms with Crippen molar-refractivity contribution in [3.63, 3.8) is 0 Å². The number of sulfonamides is 1. The molecule has 9 heteroatoms. The Hall–Kier alpha value is -4.18. The number of hydrogen-bond donors (Lipinski definition) is 4. The van der Waals surface area contributed by atoms with Gasteiger partial charge >= 0.3 is 0 Å². The standard InChI is InChI=1S/C39H45N5O3S/c45-38(32-13-17-36-30(25-32)20-23-41-36)27-40-22-19-29-11-14-34(15-12-29)43-48(46,47)35-16-18-37-31(26-35)21-24-44(37)39-10-4-9-33(42-39)8-3-7-28-5-1-2-6-28/h4,9-18,20,23,25-26,28,38,40-41,43,45H,1-3,5-8,19,21-22,24,27H2. The second-order valence-corrected chi connectivity index (χ2v) is 15.0. The molecule has 1 saturated carbocycles. The van der Waals surface area contributed by atoms with Crippen LogP contribution >= 0.6 is 0 Å². The lowest BCUT2D eigenvalue weighted by molar-refractivity contribution is 0.175. The lowest BCUT2D eigenvalue weighted by Gasteiger charge is -2.19. The van der Waals surface area contributed by atoms with Gasteiger partial charge in [0.25, 0.3) is 10.0 Å². The molecule has 1 aliphatic heterocycles. The van der Waals surface area contributed by atoms with Gasteiger partial charge in [-0.15, -0.1) is 0 Å². The van der Waals surface area contributed by atoms with Gasteiger partial charge in [0.05, 0.1) is 11.0 Å². The highest BCUT2D eigenvalue weighted by molar-refractivity contribution is 7.92. The Kier molecular flexibility index (Phi) is 9.79. The summed E-state index contributed by atoms with van der Waals surface area (Å²) in [5.74, 6) is 1.83. The summed E-state index contributed by atoms with van der Waals surface area (Å²) in [5.41, 5.74) is 6.72. The molecule has 1 unspecified atom stereocenters. The average Bonchev–Trinajstić information content (AvgIpc) is 3.88. The number of rotatable bonds is 14. The number of benzene rings is 3. The maximum Gasteiger partial charge on any atom is 0.261 e. The van der Waals surface area contributed by atoms with Gasteiger partial charge in [-0.05, 0) is 121 Å². The van der Waals surface area contributed by atoms with Gasteiger partial charge < -0.3 is 20.3 Å². The fourth-order valence-electron chi connectivity index (χ4n) is 7.23. The maximum atomic E-state index is 13.4. The molecule has 0 saturated heterocycles. The van der Waals surface area contributed by atoms with E-state index in [9.17, 15) is 13.5 Å².